The molecule has 0 bridgehead atoms. The zero-order valence-electron chi connectivity index (χ0n) is 39.9. The summed E-state index contributed by atoms with van der Waals surface area (Å²) in [6.45, 7) is 0. The van der Waals surface area contributed by atoms with Crippen LogP contribution in [0.25, 0.3) is 0 Å². The summed E-state index contributed by atoms with van der Waals surface area (Å²) in [5, 5.41) is 28.1. The number of nitrogens with one attached hydrogen (secondary N) is 8. The number of benzene rings is 4. The number of hydrogen-bond acceptors (Lipinski definition) is 14. The highest BCUT2D eigenvalue weighted by atomic mass is 35.5. The quantitative estimate of drug-likeness (QED) is 0.0230. The highest BCUT2D eigenvalue weighted by Crippen LogP contribution is 2.25. The first kappa shape index (κ1) is 57.6. The van der Waals surface area contributed by atoms with Crippen molar-refractivity contribution in [3.8, 4) is 0 Å². The summed E-state index contributed by atoms with van der Waals surface area (Å²) >= 11 is 30.1. The van der Waals surface area contributed by atoms with Gasteiger partial charge in [-0.15, -0.1) is 0 Å². The highest BCUT2D eigenvalue weighted by molar-refractivity contribution is 8.14. The topological polar surface area (TPSA) is 270 Å². The lowest BCUT2D eigenvalue weighted by molar-refractivity contribution is -0.112. The lowest BCUT2D eigenvalue weighted by Crippen LogP contribution is -2.41. The summed E-state index contributed by atoms with van der Waals surface area (Å²) in [5.41, 5.74) is 18.6. The average Bonchev–Trinajstić information content (AvgIpc) is 3.84. The van der Waals surface area contributed by atoms with Crippen molar-refractivity contribution in [2.45, 2.75) is 37.4 Å². The molecule has 18 nitrogen and oxygen atoms in total. The van der Waals surface area contributed by atoms with Gasteiger partial charge in [0.25, 0.3) is 5.91 Å². The molecule has 24 heteroatoms. The van der Waals surface area contributed by atoms with Gasteiger partial charge in [-0.05, 0) is 84.2 Å². The Hall–Kier alpha value is -7.63. The van der Waals surface area contributed by atoms with Gasteiger partial charge in [0.2, 0.25) is 5.12 Å². The number of aromatic carboxylic acids is 2. The Kier molecular flexibility index (Phi) is 22.3. The van der Waals surface area contributed by atoms with Crippen molar-refractivity contribution in [1.29, 1.82) is 0 Å². The van der Waals surface area contributed by atoms with Crippen molar-refractivity contribution in [2.75, 3.05) is 22.0 Å². The van der Waals surface area contributed by atoms with Crippen LogP contribution in [-0.2, 0) is 17.6 Å². The van der Waals surface area contributed by atoms with E-state index in [1.807, 2.05) is 84.9 Å². The van der Waals surface area contributed by atoms with E-state index in [-0.39, 0.29) is 66.5 Å². The molecule has 1 aliphatic rings. The molecular weight excluding hydrogens is 1090 g/mol. The van der Waals surface area contributed by atoms with Gasteiger partial charge < -0.3 is 31.6 Å². The molecule has 0 saturated carbocycles. The number of thioether (sulfide) groups is 1. The van der Waals surface area contributed by atoms with Gasteiger partial charge in [0.1, 0.15) is 0 Å². The Bertz CT molecular complexity index is 3110. The third-order valence-electron chi connectivity index (χ3n) is 10.8. The van der Waals surface area contributed by atoms with Crippen LogP contribution >= 0.6 is 71.0 Å². The van der Waals surface area contributed by atoms with Crippen LogP contribution in [-0.4, -0.2) is 70.1 Å². The SMILES string of the molecule is NNc1ncc(C(=O)O)cc1Cl.O=C(NC1CCSC1=O)c1cnc(NNC(=S)NC(Cc2ccccc2)c2ccccc2)c(Cl)c1.O=C(O)c1cnc(NNC(=S)NC(Cc2ccccc2)c2ccccc2)c(Cl)c1. The van der Waals surface area contributed by atoms with Gasteiger partial charge in [0, 0.05) is 24.3 Å². The molecule has 4 heterocycles. The van der Waals surface area contributed by atoms with Gasteiger partial charge in [-0.2, -0.15) is 0 Å². The number of hydrogen-bond donors (Lipinski definition) is 11. The molecule has 3 atom stereocenters. The normalized spacial score (nSPS) is 13.1. The Morgan fingerprint density at radius 3 is 1.36 bits per heavy atom. The Labute approximate surface area is 467 Å². The molecule has 1 aliphatic heterocycles. The molecule has 3 aromatic heterocycles. The number of halogens is 3. The van der Waals surface area contributed by atoms with Crippen LogP contribution in [0.3, 0.4) is 0 Å². The fourth-order valence-electron chi connectivity index (χ4n) is 7.03. The third-order valence-corrected chi connectivity index (χ3v) is 13.1. The first-order valence-corrected chi connectivity index (χ1v) is 25.8. The molecule has 0 aliphatic carbocycles. The number of rotatable bonds is 17. The number of thiocarbonyl (C=S) groups is 2. The minimum absolute atomic E-state index is 0.00764. The predicted octanol–water partition coefficient (Wildman–Crippen LogP) is 9.20. The van der Waals surface area contributed by atoms with Crippen molar-refractivity contribution in [2.24, 2.45) is 5.84 Å². The maximum Gasteiger partial charge on any atom is 0.337 e. The van der Waals surface area contributed by atoms with Crippen molar-refractivity contribution in [1.82, 2.24) is 41.8 Å². The van der Waals surface area contributed by atoms with Crippen molar-refractivity contribution >= 4 is 122 Å². The molecule has 4 aromatic carbocycles. The Balaban J connectivity index is 0.000000205. The monoisotopic (exact) mass is 1140 g/mol. The fraction of sp³-hybridized carbons (Fsp3) is 0.135. The first-order chi connectivity index (χ1) is 36.7. The second kappa shape index (κ2) is 29.5. The summed E-state index contributed by atoms with van der Waals surface area (Å²) in [4.78, 5) is 57.5. The number of nitrogen functional groups attached to an aromatic ring is 1. The molecule has 76 heavy (non-hydrogen) atoms. The standard InChI is InChI=1S/C25H24ClN5O2S2.C21H19ClN4O2S.C6H6ClN3O2/c26-19-14-18(23(32)28-20-11-12-35-24(20)33)15-27-22(19)30-31-25(34)29-21(17-9-5-2-6-10-17)13-16-7-3-1-4-8-16;22-17-12-16(20(27)28)13-23-19(17)25-26-21(29)24-18(15-9-5-2-6-10-15)11-14-7-3-1-4-8-14;7-4-1-3(6(11)12)2-9-5(4)10-8/h1-10,14-15,20-21H,11-13H2,(H,27,30)(H,28,32)(H2,29,31,34);1-10,12-13,18H,11H2,(H,23,25)(H,27,28)(H2,24,26,29);1-2H,8H2,(H,9,10)(H,11,12). The average molecular weight is 1140 g/mol. The van der Waals surface area contributed by atoms with Crippen LogP contribution in [0.4, 0.5) is 17.5 Å². The van der Waals surface area contributed by atoms with Crippen LogP contribution in [0, 0.1) is 0 Å². The van der Waals surface area contributed by atoms with E-state index in [9.17, 15) is 19.2 Å². The Morgan fingerprint density at radius 1 is 0.605 bits per heavy atom. The van der Waals surface area contributed by atoms with Crippen LogP contribution in [0.2, 0.25) is 15.1 Å². The van der Waals surface area contributed by atoms with Gasteiger partial charge in [0.15, 0.2) is 27.7 Å². The van der Waals surface area contributed by atoms with Gasteiger partial charge in [-0.1, -0.05) is 168 Å². The zero-order valence-corrected chi connectivity index (χ0v) is 44.6. The highest BCUT2D eigenvalue weighted by Gasteiger charge is 2.27. The predicted molar refractivity (Wildman–Crippen MR) is 306 cm³/mol. The van der Waals surface area contributed by atoms with Gasteiger partial charge >= 0.3 is 11.9 Å². The lowest BCUT2D eigenvalue weighted by Gasteiger charge is -2.22. The number of carboxylic acid groups (broad SMARTS) is 2. The largest absolute Gasteiger partial charge is 0.478 e. The molecule has 0 radical (unpaired) electrons. The van der Waals surface area contributed by atoms with Gasteiger partial charge in [-0.25, -0.2) is 30.4 Å². The molecular formula is C52H49Cl3N12O6S3. The third kappa shape index (κ3) is 18.0. The molecule has 1 amide bonds. The number of aromatic nitrogens is 3. The smallest absolute Gasteiger partial charge is 0.337 e. The minimum atomic E-state index is -1.09. The van der Waals surface area contributed by atoms with Crippen molar-refractivity contribution < 1.29 is 29.4 Å². The molecule has 8 rings (SSSR count). The molecule has 0 spiro atoms. The summed E-state index contributed by atoms with van der Waals surface area (Å²) in [5.74, 6) is 4.03. The van der Waals surface area contributed by atoms with Crippen molar-refractivity contribution in [3.63, 3.8) is 0 Å². The van der Waals surface area contributed by atoms with E-state index in [1.165, 1.54) is 59.7 Å². The number of nitrogens with zero attached hydrogens (tertiary/aromatic N) is 3. The van der Waals surface area contributed by atoms with E-state index >= 15 is 0 Å². The number of nitrogens with two attached hydrogens (primary N) is 1. The van der Waals surface area contributed by atoms with Crippen molar-refractivity contribution in [3.05, 3.63) is 212 Å². The molecule has 12 N–H and O–H groups in total. The maximum absolute atomic E-state index is 12.4. The number of hydrazine groups is 3. The summed E-state index contributed by atoms with van der Waals surface area (Å²) in [7, 11) is 0. The summed E-state index contributed by atoms with van der Waals surface area (Å²) in [6, 6.07) is 43.9. The summed E-state index contributed by atoms with van der Waals surface area (Å²) < 4.78 is 0. The Morgan fingerprint density at radius 2 is 0.987 bits per heavy atom. The number of carbonyl (C=O) groups excluding carboxylic acids is 2. The van der Waals surface area contributed by atoms with E-state index in [1.54, 1.807) is 0 Å². The number of carboxylic acids is 2. The van der Waals surface area contributed by atoms with E-state index in [0.717, 1.165) is 24.0 Å². The van der Waals surface area contributed by atoms with Crippen LogP contribution in [0.1, 0.15) is 71.8 Å². The second-order valence-corrected chi connectivity index (χ2v) is 19.3. The second-order valence-electron chi connectivity index (χ2n) is 16.2. The van der Waals surface area contributed by atoms with Crippen LogP contribution < -0.4 is 48.9 Å². The van der Waals surface area contributed by atoms with Crippen LogP contribution in [0.5, 0.6) is 0 Å². The molecule has 392 valence electrons. The van der Waals surface area contributed by atoms with E-state index < -0.39 is 18.0 Å². The molecule has 7 aromatic rings. The minimum Gasteiger partial charge on any atom is -0.478 e. The van der Waals surface area contributed by atoms with E-state index in [4.69, 9.17) is 75.3 Å². The first-order valence-electron chi connectivity index (χ1n) is 22.9. The number of anilines is 3. The number of pyridine rings is 3. The van der Waals surface area contributed by atoms with Crippen LogP contribution in [0.15, 0.2) is 158 Å². The fourth-order valence-corrected chi connectivity index (χ4v) is 8.99. The molecule has 3 unspecified atom stereocenters. The van der Waals surface area contributed by atoms with E-state index in [0.29, 0.717) is 28.2 Å². The van der Waals surface area contributed by atoms with Gasteiger partial charge in [-0.3, -0.25) is 31.3 Å². The lowest BCUT2D eigenvalue weighted by atomic mass is 9.99. The number of carbonyl (C=O) groups is 4. The maximum atomic E-state index is 12.4. The molecule has 1 saturated heterocycles. The zero-order chi connectivity index (χ0) is 54.4. The van der Waals surface area contributed by atoms with E-state index in [2.05, 4.69) is 94.4 Å². The summed E-state index contributed by atoms with van der Waals surface area (Å²) in [6.07, 6.45) is 5.91. The number of amides is 1. The molecule has 1 fully saturated rings. The van der Waals surface area contributed by atoms with Gasteiger partial charge in [0.05, 0.1) is 49.9 Å².